The van der Waals surface area contributed by atoms with Gasteiger partial charge >= 0.3 is 5.97 Å². The van der Waals surface area contributed by atoms with Gasteiger partial charge in [-0.2, -0.15) is 0 Å². The highest BCUT2D eigenvalue weighted by atomic mass is 16.5. The predicted octanol–water partition coefficient (Wildman–Crippen LogP) is 1.99. The van der Waals surface area contributed by atoms with Crippen LogP contribution in [0.1, 0.15) is 23.7 Å². The number of methoxy groups -OCH3 is 3. The maximum absolute atomic E-state index is 11.3. The molecule has 2 atom stereocenters. The Morgan fingerprint density at radius 1 is 1.00 bits per heavy atom. The zero-order chi connectivity index (χ0) is 21.4. The molecule has 2 unspecified atom stereocenters. The lowest BCUT2D eigenvalue weighted by atomic mass is 10.0. The fraction of sp³-hybridized carbons (Fsp3) is 0.381. The molecule has 8 nitrogen and oxygen atoms in total. The van der Waals surface area contributed by atoms with Crippen LogP contribution >= 0.6 is 0 Å². The van der Waals surface area contributed by atoms with Gasteiger partial charge < -0.3 is 34.3 Å². The Bertz CT molecular complexity index is 820. The van der Waals surface area contributed by atoms with E-state index in [2.05, 4.69) is 4.74 Å². The van der Waals surface area contributed by atoms with Crippen LogP contribution in [0, 0.1) is 0 Å². The molecule has 0 aliphatic carbocycles. The van der Waals surface area contributed by atoms with Crippen LogP contribution in [0.2, 0.25) is 0 Å². The summed E-state index contributed by atoms with van der Waals surface area (Å²) in [5.74, 6) is 0.566. The normalized spacial score (nSPS) is 12.7. The van der Waals surface area contributed by atoms with Gasteiger partial charge in [-0.15, -0.1) is 0 Å². The number of carbonyl (C=O) groups is 1. The fourth-order valence-electron chi connectivity index (χ4n) is 2.77. The average Bonchev–Trinajstić information content (AvgIpc) is 2.75. The minimum absolute atomic E-state index is 0.0610. The summed E-state index contributed by atoms with van der Waals surface area (Å²) in [6, 6.07) is 9.52. The van der Waals surface area contributed by atoms with Gasteiger partial charge in [0.2, 0.25) is 0 Å². The quantitative estimate of drug-likeness (QED) is 0.513. The van der Waals surface area contributed by atoms with Crippen molar-refractivity contribution in [2.45, 2.75) is 25.0 Å². The van der Waals surface area contributed by atoms with Gasteiger partial charge in [0.15, 0.2) is 29.1 Å². The van der Waals surface area contributed by atoms with E-state index in [1.807, 2.05) is 0 Å². The Morgan fingerprint density at radius 2 is 1.72 bits per heavy atom. The third-order valence-electron chi connectivity index (χ3n) is 4.43. The largest absolute Gasteiger partial charge is 0.504 e. The summed E-state index contributed by atoms with van der Waals surface area (Å²) in [4.78, 5) is 11.3. The van der Waals surface area contributed by atoms with Crippen molar-refractivity contribution in [1.82, 2.24) is 0 Å². The van der Waals surface area contributed by atoms with Crippen molar-refractivity contribution in [3.05, 3.63) is 47.5 Å². The van der Waals surface area contributed by atoms with Crippen LogP contribution in [0.4, 0.5) is 0 Å². The summed E-state index contributed by atoms with van der Waals surface area (Å²) >= 11 is 0. The smallest absolute Gasteiger partial charge is 0.305 e. The lowest BCUT2D eigenvalue weighted by Crippen LogP contribution is -2.29. The number of esters is 1. The number of benzene rings is 2. The Balaban J connectivity index is 2.17. The highest BCUT2D eigenvalue weighted by Gasteiger charge is 2.24. The highest BCUT2D eigenvalue weighted by Crippen LogP contribution is 2.34. The Labute approximate surface area is 169 Å². The number of phenolic OH excluding ortho intramolecular Hbond substituents is 1. The van der Waals surface area contributed by atoms with E-state index in [0.29, 0.717) is 23.5 Å². The molecule has 2 aromatic carbocycles. The van der Waals surface area contributed by atoms with Crippen molar-refractivity contribution < 1.29 is 39.1 Å². The Morgan fingerprint density at radius 3 is 2.34 bits per heavy atom. The van der Waals surface area contributed by atoms with E-state index in [1.54, 1.807) is 18.2 Å². The molecule has 0 aromatic heterocycles. The first-order chi connectivity index (χ1) is 13.9. The minimum atomic E-state index is -1.18. The van der Waals surface area contributed by atoms with E-state index in [9.17, 15) is 20.1 Å². The summed E-state index contributed by atoms with van der Waals surface area (Å²) < 4.78 is 20.8. The molecule has 2 aromatic rings. The number of hydrogen-bond acceptors (Lipinski definition) is 8. The first-order valence-electron chi connectivity index (χ1n) is 8.99. The van der Waals surface area contributed by atoms with Gasteiger partial charge in [0.05, 0.1) is 27.9 Å². The number of aryl methyl sites for hydroxylation is 1. The monoisotopic (exact) mass is 406 g/mol. The number of ether oxygens (including phenoxy) is 4. The van der Waals surface area contributed by atoms with Crippen LogP contribution in [-0.2, 0) is 16.0 Å². The molecule has 0 heterocycles. The Kier molecular flexibility index (Phi) is 8.11. The molecule has 0 fully saturated rings. The minimum Gasteiger partial charge on any atom is -0.504 e. The molecule has 0 aliphatic heterocycles. The first-order valence-corrected chi connectivity index (χ1v) is 8.99. The van der Waals surface area contributed by atoms with E-state index >= 15 is 0 Å². The van der Waals surface area contributed by atoms with Crippen LogP contribution in [-0.4, -0.2) is 55.3 Å². The molecule has 2 rings (SSSR count). The number of phenols is 1. The summed E-state index contributed by atoms with van der Waals surface area (Å²) in [5, 5.41) is 30.1. The third-order valence-corrected chi connectivity index (χ3v) is 4.43. The zero-order valence-corrected chi connectivity index (χ0v) is 16.6. The van der Waals surface area contributed by atoms with E-state index in [1.165, 1.54) is 39.5 Å². The van der Waals surface area contributed by atoms with Crippen molar-refractivity contribution in [3.63, 3.8) is 0 Å². The molecular formula is C21H26O8. The number of hydrogen-bond donors (Lipinski definition) is 3. The molecular weight excluding hydrogens is 380 g/mol. The van der Waals surface area contributed by atoms with Crippen molar-refractivity contribution in [2.75, 3.05) is 27.9 Å². The maximum Gasteiger partial charge on any atom is 0.305 e. The average molecular weight is 406 g/mol. The fourth-order valence-corrected chi connectivity index (χ4v) is 2.77. The van der Waals surface area contributed by atoms with Gasteiger partial charge in [0.1, 0.15) is 6.10 Å². The number of rotatable bonds is 10. The van der Waals surface area contributed by atoms with Crippen LogP contribution in [0.15, 0.2) is 36.4 Å². The van der Waals surface area contributed by atoms with Gasteiger partial charge in [0.25, 0.3) is 0 Å². The van der Waals surface area contributed by atoms with Crippen molar-refractivity contribution in [2.24, 2.45) is 0 Å². The van der Waals surface area contributed by atoms with Crippen LogP contribution in [0.25, 0.3) is 0 Å². The SMILES string of the molecule is COC(=O)CCc1ccc(OC(CO)C(O)c2ccc(O)c(OC)c2)c(OC)c1. The van der Waals surface area contributed by atoms with Crippen molar-refractivity contribution in [3.8, 4) is 23.0 Å². The molecule has 3 N–H and O–H groups in total. The number of aromatic hydroxyl groups is 1. The molecule has 0 spiro atoms. The molecule has 158 valence electrons. The highest BCUT2D eigenvalue weighted by molar-refractivity contribution is 5.69. The Hall–Kier alpha value is -2.97. The second-order valence-corrected chi connectivity index (χ2v) is 6.28. The van der Waals surface area contributed by atoms with Crippen LogP contribution in [0.5, 0.6) is 23.0 Å². The van der Waals surface area contributed by atoms with Gasteiger partial charge in [-0.25, -0.2) is 0 Å². The second kappa shape index (κ2) is 10.5. The predicted molar refractivity (Wildman–Crippen MR) is 104 cm³/mol. The topological polar surface area (TPSA) is 115 Å². The summed E-state index contributed by atoms with van der Waals surface area (Å²) in [6.07, 6.45) is -1.46. The first kappa shape index (κ1) is 22.3. The molecule has 0 aliphatic rings. The molecule has 0 radical (unpaired) electrons. The molecule has 8 heteroatoms. The standard InChI is InChI=1S/C21H26O8/c1-26-17-11-14(6-7-15(17)23)21(25)19(12-22)29-16-8-4-13(10-18(16)27-2)5-9-20(24)28-3/h4,6-8,10-11,19,21-23,25H,5,9,12H2,1-3H3. The number of aliphatic hydroxyl groups excluding tert-OH is 2. The molecule has 0 saturated carbocycles. The lowest BCUT2D eigenvalue weighted by molar-refractivity contribution is -0.140. The second-order valence-electron chi connectivity index (χ2n) is 6.28. The summed E-state index contributed by atoms with van der Waals surface area (Å²) in [5.41, 5.74) is 1.26. The zero-order valence-electron chi connectivity index (χ0n) is 16.6. The van der Waals surface area contributed by atoms with E-state index in [-0.39, 0.29) is 23.9 Å². The number of aliphatic hydroxyl groups is 2. The molecule has 0 bridgehead atoms. The lowest BCUT2D eigenvalue weighted by Gasteiger charge is -2.24. The van der Waals surface area contributed by atoms with E-state index < -0.39 is 18.8 Å². The van der Waals surface area contributed by atoms with Gasteiger partial charge in [0, 0.05) is 6.42 Å². The number of carbonyl (C=O) groups excluding carboxylic acids is 1. The van der Waals surface area contributed by atoms with Crippen LogP contribution < -0.4 is 14.2 Å². The maximum atomic E-state index is 11.3. The van der Waals surface area contributed by atoms with Gasteiger partial charge in [-0.3, -0.25) is 4.79 Å². The summed E-state index contributed by atoms with van der Waals surface area (Å²) in [7, 11) is 4.21. The molecule has 0 amide bonds. The summed E-state index contributed by atoms with van der Waals surface area (Å²) in [6.45, 7) is -0.461. The van der Waals surface area contributed by atoms with Crippen molar-refractivity contribution in [1.29, 1.82) is 0 Å². The van der Waals surface area contributed by atoms with Crippen LogP contribution in [0.3, 0.4) is 0 Å². The molecule has 29 heavy (non-hydrogen) atoms. The molecule has 0 saturated heterocycles. The van der Waals surface area contributed by atoms with E-state index in [0.717, 1.165) is 5.56 Å². The third kappa shape index (κ3) is 5.75. The van der Waals surface area contributed by atoms with E-state index in [4.69, 9.17) is 14.2 Å². The van der Waals surface area contributed by atoms with Crippen molar-refractivity contribution >= 4 is 5.97 Å². The van der Waals surface area contributed by atoms with Gasteiger partial charge in [-0.05, 0) is 41.8 Å². The van der Waals surface area contributed by atoms with Gasteiger partial charge in [-0.1, -0.05) is 12.1 Å².